The molecule has 5 heteroatoms. The van der Waals surface area contributed by atoms with E-state index >= 15 is 0 Å². The second-order valence-electron chi connectivity index (χ2n) is 6.74. The number of hydrogen-bond acceptors (Lipinski definition) is 3. The van der Waals surface area contributed by atoms with Crippen molar-refractivity contribution >= 4 is 11.9 Å². The normalized spacial score (nSPS) is 12.5. The predicted octanol–water partition coefficient (Wildman–Crippen LogP) is 2.80. The van der Waals surface area contributed by atoms with Crippen LogP contribution < -0.4 is 5.32 Å². The number of carboxylic acid groups (broad SMARTS) is 1. The van der Waals surface area contributed by atoms with Crippen LogP contribution in [0.5, 0.6) is 0 Å². The van der Waals surface area contributed by atoms with Crippen molar-refractivity contribution < 1.29 is 14.7 Å². The lowest BCUT2D eigenvalue weighted by atomic mass is 9.88. The van der Waals surface area contributed by atoms with Crippen molar-refractivity contribution in [1.82, 2.24) is 10.3 Å². The first-order valence-corrected chi connectivity index (χ1v) is 7.81. The maximum absolute atomic E-state index is 12.3. The summed E-state index contributed by atoms with van der Waals surface area (Å²) in [5, 5.41) is 11.9. The molecule has 126 valence electrons. The summed E-state index contributed by atoms with van der Waals surface area (Å²) in [6, 6.07) is 11.7. The van der Waals surface area contributed by atoms with Gasteiger partial charge in [0.25, 0.3) is 5.91 Å². The molecule has 1 atom stereocenters. The second-order valence-corrected chi connectivity index (χ2v) is 6.74. The Hall–Kier alpha value is -2.69. The lowest BCUT2D eigenvalue weighted by molar-refractivity contribution is -0.139. The second kappa shape index (κ2) is 7.25. The molecule has 0 aliphatic rings. The summed E-state index contributed by atoms with van der Waals surface area (Å²) in [6.07, 6.45) is 1.88. The van der Waals surface area contributed by atoms with Crippen molar-refractivity contribution in [2.24, 2.45) is 0 Å². The van der Waals surface area contributed by atoms with Gasteiger partial charge in [0.1, 0.15) is 11.7 Å². The minimum absolute atomic E-state index is 0.0566. The molecule has 0 fully saturated rings. The third kappa shape index (κ3) is 4.65. The highest BCUT2D eigenvalue weighted by atomic mass is 16.4. The molecule has 0 saturated carbocycles. The number of benzene rings is 1. The van der Waals surface area contributed by atoms with E-state index in [1.165, 1.54) is 0 Å². The fraction of sp³-hybridized carbons (Fsp3) is 0.316. The Bertz CT molecular complexity index is 704. The van der Waals surface area contributed by atoms with E-state index in [1.807, 2.05) is 36.4 Å². The topological polar surface area (TPSA) is 79.3 Å². The molecular weight excluding hydrogens is 304 g/mol. The summed E-state index contributed by atoms with van der Waals surface area (Å²) < 4.78 is 0. The maximum atomic E-state index is 12.3. The van der Waals surface area contributed by atoms with Crippen LogP contribution in [0.1, 0.15) is 42.4 Å². The fourth-order valence-corrected chi connectivity index (χ4v) is 2.25. The molecule has 5 nitrogen and oxygen atoms in total. The third-order valence-corrected chi connectivity index (χ3v) is 3.75. The number of aromatic nitrogens is 1. The quantitative estimate of drug-likeness (QED) is 0.885. The molecular formula is C19H22N2O3. The van der Waals surface area contributed by atoms with Gasteiger partial charge in [-0.1, -0.05) is 57.2 Å². The van der Waals surface area contributed by atoms with Crippen molar-refractivity contribution in [2.45, 2.75) is 38.6 Å². The van der Waals surface area contributed by atoms with E-state index in [4.69, 9.17) is 0 Å². The predicted molar refractivity (Wildman–Crippen MR) is 92.0 cm³/mol. The number of aliphatic carboxylic acids is 1. The average molecular weight is 326 g/mol. The Balaban J connectivity index is 2.09. The molecule has 0 aliphatic heterocycles. The van der Waals surface area contributed by atoms with Gasteiger partial charge in [0, 0.05) is 12.6 Å². The Morgan fingerprint density at radius 3 is 2.29 bits per heavy atom. The van der Waals surface area contributed by atoms with Crippen LogP contribution in [-0.4, -0.2) is 28.0 Å². The number of amides is 1. The van der Waals surface area contributed by atoms with Gasteiger partial charge in [0.05, 0.1) is 0 Å². The molecule has 0 saturated heterocycles. The first-order chi connectivity index (χ1) is 11.3. The molecule has 0 spiro atoms. The highest BCUT2D eigenvalue weighted by Crippen LogP contribution is 2.21. The first kappa shape index (κ1) is 17.7. The fourth-order valence-electron chi connectivity index (χ4n) is 2.25. The summed E-state index contributed by atoms with van der Waals surface area (Å²) in [5.41, 5.74) is 2.01. The zero-order chi connectivity index (χ0) is 17.7. The van der Waals surface area contributed by atoms with E-state index in [2.05, 4.69) is 31.1 Å². The standard InChI is InChI=1S/C19H22N2O3/c1-19(2,3)14-9-10-15(20-12-14)17(22)21-16(18(23)24)11-13-7-5-4-6-8-13/h4-10,12,16H,11H2,1-3H3,(H,21,22)(H,23,24)/t16-/m0/s1. The molecule has 1 amide bonds. The number of rotatable bonds is 5. The maximum Gasteiger partial charge on any atom is 0.326 e. The van der Waals surface area contributed by atoms with Crippen molar-refractivity contribution in [2.75, 3.05) is 0 Å². The largest absolute Gasteiger partial charge is 0.480 e. The number of carboxylic acids is 1. The Morgan fingerprint density at radius 1 is 1.12 bits per heavy atom. The summed E-state index contributed by atoms with van der Waals surface area (Å²) in [5.74, 6) is -1.56. The first-order valence-electron chi connectivity index (χ1n) is 7.81. The monoisotopic (exact) mass is 326 g/mol. The van der Waals surface area contributed by atoms with Crippen LogP contribution in [0.2, 0.25) is 0 Å². The summed E-state index contributed by atoms with van der Waals surface area (Å²) >= 11 is 0. The van der Waals surface area contributed by atoms with Gasteiger partial charge in [-0.15, -0.1) is 0 Å². The van der Waals surface area contributed by atoms with E-state index in [0.29, 0.717) is 0 Å². The zero-order valence-electron chi connectivity index (χ0n) is 14.1. The van der Waals surface area contributed by atoms with Crippen molar-refractivity contribution in [3.05, 3.63) is 65.5 Å². The van der Waals surface area contributed by atoms with Crippen molar-refractivity contribution in [3.8, 4) is 0 Å². The summed E-state index contributed by atoms with van der Waals surface area (Å²) in [6.45, 7) is 6.18. The minimum atomic E-state index is -1.07. The lowest BCUT2D eigenvalue weighted by Crippen LogP contribution is -2.42. The molecule has 0 bridgehead atoms. The molecule has 2 N–H and O–H groups in total. The summed E-state index contributed by atoms with van der Waals surface area (Å²) in [7, 11) is 0. The van der Waals surface area contributed by atoms with Crippen LogP contribution in [0.4, 0.5) is 0 Å². The van der Waals surface area contributed by atoms with Gasteiger partial charge in [-0.25, -0.2) is 4.79 Å². The molecule has 1 aromatic carbocycles. The summed E-state index contributed by atoms with van der Waals surface area (Å²) in [4.78, 5) is 27.9. The zero-order valence-corrected chi connectivity index (χ0v) is 14.1. The average Bonchev–Trinajstić information content (AvgIpc) is 2.54. The minimum Gasteiger partial charge on any atom is -0.480 e. The van der Waals surface area contributed by atoms with Crippen LogP contribution >= 0.6 is 0 Å². The molecule has 2 rings (SSSR count). The van der Waals surface area contributed by atoms with Gasteiger partial charge in [0.2, 0.25) is 0 Å². The molecule has 2 aromatic rings. The van der Waals surface area contributed by atoms with Crippen LogP contribution in [0.15, 0.2) is 48.7 Å². The van der Waals surface area contributed by atoms with Crippen LogP contribution in [-0.2, 0) is 16.6 Å². The van der Waals surface area contributed by atoms with Gasteiger partial charge in [0.15, 0.2) is 0 Å². The van der Waals surface area contributed by atoms with Crippen LogP contribution in [0.3, 0.4) is 0 Å². The third-order valence-electron chi connectivity index (χ3n) is 3.75. The van der Waals surface area contributed by atoms with E-state index in [0.717, 1.165) is 11.1 Å². The molecule has 24 heavy (non-hydrogen) atoms. The van der Waals surface area contributed by atoms with Gasteiger partial charge in [-0.05, 0) is 22.6 Å². The number of hydrogen-bond donors (Lipinski definition) is 2. The molecule has 0 unspecified atom stereocenters. The molecule has 1 heterocycles. The molecule has 0 aliphatic carbocycles. The van der Waals surface area contributed by atoms with E-state index < -0.39 is 17.9 Å². The van der Waals surface area contributed by atoms with Crippen molar-refractivity contribution in [1.29, 1.82) is 0 Å². The molecule has 0 radical (unpaired) electrons. The SMILES string of the molecule is CC(C)(C)c1ccc(C(=O)N[C@@H](Cc2ccccc2)C(=O)O)nc1. The van der Waals surface area contributed by atoms with Crippen molar-refractivity contribution in [3.63, 3.8) is 0 Å². The van der Waals surface area contributed by atoms with Crippen LogP contribution in [0.25, 0.3) is 0 Å². The van der Waals surface area contributed by atoms with Gasteiger partial charge >= 0.3 is 5.97 Å². The molecule has 1 aromatic heterocycles. The van der Waals surface area contributed by atoms with Gasteiger partial charge in [-0.2, -0.15) is 0 Å². The number of nitrogens with zero attached hydrogens (tertiary/aromatic N) is 1. The Morgan fingerprint density at radius 2 is 1.79 bits per heavy atom. The van der Waals surface area contributed by atoms with Gasteiger partial charge in [-0.3, -0.25) is 9.78 Å². The number of carbonyl (C=O) groups is 2. The van der Waals surface area contributed by atoms with Gasteiger partial charge < -0.3 is 10.4 Å². The highest BCUT2D eigenvalue weighted by Gasteiger charge is 2.22. The number of nitrogens with one attached hydrogen (secondary N) is 1. The Kier molecular flexibility index (Phi) is 5.34. The van der Waals surface area contributed by atoms with Crippen LogP contribution in [0, 0.1) is 0 Å². The van der Waals surface area contributed by atoms with E-state index in [9.17, 15) is 14.7 Å². The van der Waals surface area contributed by atoms with E-state index in [1.54, 1.807) is 12.3 Å². The highest BCUT2D eigenvalue weighted by molar-refractivity contribution is 5.95. The Labute approximate surface area is 141 Å². The lowest BCUT2D eigenvalue weighted by Gasteiger charge is -2.19. The number of carbonyl (C=O) groups excluding carboxylic acids is 1. The number of pyridine rings is 1. The van der Waals surface area contributed by atoms with E-state index in [-0.39, 0.29) is 17.5 Å². The smallest absolute Gasteiger partial charge is 0.326 e.